The number of thiophene rings is 1. The molecule has 0 saturated carbocycles. The molecule has 0 aliphatic heterocycles. The Labute approximate surface area is 108 Å². The summed E-state index contributed by atoms with van der Waals surface area (Å²) in [5.41, 5.74) is 5.51. The fraction of sp³-hybridized carbons (Fsp3) is 0.364. The van der Waals surface area contributed by atoms with E-state index in [1.54, 1.807) is 11.3 Å². The van der Waals surface area contributed by atoms with Crippen LogP contribution in [0.15, 0.2) is 22.1 Å². The molecule has 0 radical (unpaired) electrons. The zero-order valence-corrected chi connectivity index (χ0v) is 10.9. The average molecular weight is 266 g/mol. The number of rotatable bonds is 4. The van der Waals surface area contributed by atoms with E-state index >= 15 is 0 Å². The number of nitrogens with zero attached hydrogens (tertiary/aromatic N) is 2. The molecule has 2 heterocycles. The lowest BCUT2D eigenvalue weighted by molar-refractivity contribution is 0.0917. The van der Waals surface area contributed by atoms with Gasteiger partial charge in [-0.15, -0.1) is 11.3 Å². The van der Waals surface area contributed by atoms with E-state index in [-0.39, 0.29) is 29.4 Å². The second kappa shape index (κ2) is 5.18. The van der Waals surface area contributed by atoms with Crippen LogP contribution in [-0.4, -0.2) is 16.2 Å². The summed E-state index contributed by atoms with van der Waals surface area (Å²) in [5.74, 6) is -0.115. The summed E-state index contributed by atoms with van der Waals surface area (Å²) in [6.45, 7) is 4.07. The van der Waals surface area contributed by atoms with Crippen molar-refractivity contribution >= 4 is 23.1 Å². The van der Waals surface area contributed by atoms with Gasteiger partial charge in [-0.1, -0.05) is 19.9 Å². The molecule has 1 unspecified atom stereocenters. The maximum atomic E-state index is 12.0. The molecule has 1 atom stereocenters. The minimum Gasteiger partial charge on any atom is -0.379 e. The van der Waals surface area contributed by atoms with Gasteiger partial charge in [-0.2, -0.15) is 0 Å². The Morgan fingerprint density at radius 3 is 2.78 bits per heavy atom. The fourth-order valence-corrected chi connectivity index (χ4v) is 2.55. The Morgan fingerprint density at radius 1 is 1.50 bits per heavy atom. The second-order valence-corrected chi connectivity index (χ2v) is 5.19. The Bertz CT molecular complexity index is 521. The Balaban J connectivity index is 2.16. The molecule has 6 nitrogen and oxygen atoms in total. The summed E-state index contributed by atoms with van der Waals surface area (Å²) in [5, 5.41) is 11.7. The molecule has 18 heavy (non-hydrogen) atoms. The van der Waals surface area contributed by atoms with Crippen LogP contribution >= 0.6 is 11.3 Å². The summed E-state index contributed by atoms with van der Waals surface area (Å²) in [4.78, 5) is 13.1. The molecule has 7 heteroatoms. The third-order valence-electron chi connectivity index (χ3n) is 2.53. The van der Waals surface area contributed by atoms with Gasteiger partial charge in [-0.05, 0) is 27.7 Å². The number of anilines is 1. The first-order chi connectivity index (χ1) is 8.59. The summed E-state index contributed by atoms with van der Waals surface area (Å²) in [7, 11) is 0. The maximum absolute atomic E-state index is 12.0. The Kier molecular flexibility index (Phi) is 3.61. The predicted molar refractivity (Wildman–Crippen MR) is 68.1 cm³/mol. The lowest BCUT2D eigenvalue weighted by Gasteiger charge is -2.20. The van der Waals surface area contributed by atoms with Crippen molar-refractivity contribution < 1.29 is 9.42 Å². The topological polar surface area (TPSA) is 94.0 Å². The number of nitrogen functional groups attached to an aromatic ring is 1. The number of nitrogens with one attached hydrogen (secondary N) is 1. The van der Waals surface area contributed by atoms with Crippen LogP contribution in [0.4, 0.5) is 5.82 Å². The molecule has 0 aliphatic carbocycles. The van der Waals surface area contributed by atoms with Gasteiger partial charge in [0.15, 0.2) is 0 Å². The van der Waals surface area contributed by atoms with Crippen molar-refractivity contribution in [1.82, 2.24) is 15.6 Å². The van der Waals surface area contributed by atoms with Crippen molar-refractivity contribution in [2.75, 3.05) is 5.73 Å². The lowest BCUT2D eigenvalue weighted by atomic mass is 10.0. The normalized spacial score (nSPS) is 12.6. The molecule has 0 spiro atoms. The van der Waals surface area contributed by atoms with Crippen LogP contribution in [0.2, 0.25) is 0 Å². The number of nitrogens with two attached hydrogens (primary N) is 1. The first kappa shape index (κ1) is 12.6. The molecule has 0 bridgehead atoms. The van der Waals surface area contributed by atoms with Crippen molar-refractivity contribution in [3.05, 3.63) is 28.1 Å². The smallest absolute Gasteiger partial charge is 0.277 e. The molecule has 96 valence electrons. The van der Waals surface area contributed by atoms with Gasteiger partial charge in [0.05, 0.1) is 6.04 Å². The summed E-state index contributed by atoms with van der Waals surface area (Å²) >= 11 is 1.60. The second-order valence-electron chi connectivity index (χ2n) is 4.21. The van der Waals surface area contributed by atoms with Gasteiger partial charge >= 0.3 is 0 Å². The van der Waals surface area contributed by atoms with Crippen molar-refractivity contribution in [2.24, 2.45) is 5.92 Å². The number of hydrogen-bond donors (Lipinski definition) is 2. The number of hydrogen-bond acceptors (Lipinski definition) is 6. The first-order valence-corrected chi connectivity index (χ1v) is 6.40. The predicted octanol–water partition coefficient (Wildman–Crippen LogP) is 1.84. The van der Waals surface area contributed by atoms with Crippen molar-refractivity contribution in [1.29, 1.82) is 0 Å². The SMILES string of the molecule is CC(C)C(NC(=O)c1nonc1N)c1cccs1. The van der Waals surface area contributed by atoms with Gasteiger partial charge in [0.2, 0.25) is 11.5 Å². The van der Waals surface area contributed by atoms with E-state index < -0.39 is 0 Å². The molecule has 0 fully saturated rings. The van der Waals surface area contributed by atoms with Crippen LogP contribution in [0.5, 0.6) is 0 Å². The maximum Gasteiger partial charge on any atom is 0.277 e. The van der Waals surface area contributed by atoms with E-state index in [2.05, 4.69) is 20.3 Å². The monoisotopic (exact) mass is 266 g/mol. The van der Waals surface area contributed by atoms with Crippen LogP contribution in [0.3, 0.4) is 0 Å². The lowest BCUT2D eigenvalue weighted by Crippen LogP contribution is -2.31. The average Bonchev–Trinajstić information content (AvgIpc) is 2.95. The molecule has 0 saturated heterocycles. The standard InChI is InChI=1S/C11H14N4O2S/c1-6(2)8(7-4-3-5-18-7)13-11(16)9-10(12)15-17-14-9/h3-6,8H,1-2H3,(H2,12,15)(H,13,16). The van der Waals surface area contributed by atoms with E-state index in [0.717, 1.165) is 4.88 Å². The first-order valence-electron chi connectivity index (χ1n) is 5.52. The minimum absolute atomic E-state index is 0.00110. The van der Waals surface area contributed by atoms with Crippen LogP contribution in [-0.2, 0) is 0 Å². The number of amides is 1. The van der Waals surface area contributed by atoms with E-state index in [1.807, 2.05) is 31.4 Å². The largest absolute Gasteiger partial charge is 0.379 e. The van der Waals surface area contributed by atoms with Gasteiger partial charge in [-0.3, -0.25) is 4.79 Å². The highest BCUT2D eigenvalue weighted by atomic mass is 32.1. The van der Waals surface area contributed by atoms with Crippen LogP contribution in [0.1, 0.15) is 35.3 Å². The third-order valence-corrected chi connectivity index (χ3v) is 3.49. The quantitative estimate of drug-likeness (QED) is 0.880. The van der Waals surface area contributed by atoms with Gasteiger partial charge in [0.1, 0.15) is 0 Å². The number of aromatic nitrogens is 2. The van der Waals surface area contributed by atoms with Gasteiger partial charge in [-0.25, -0.2) is 4.63 Å². The highest BCUT2D eigenvalue weighted by molar-refractivity contribution is 7.10. The zero-order chi connectivity index (χ0) is 13.1. The van der Waals surface area contributed by atoms with Gasteiger partial charge in [0, 0.05) is 4.88 Å². The summed E-state index contributed by atoms with van der Waals surface area (Å²) < 4.78 is 4.42. The van der Waals surface area contributed by atoms with Gasteiger partial charge < -0.3 is 11.1 Å². The van der Waals surface area contributed by atoms with Gasteiger partial charge in [0.25, 0.3) is 5.91 Å². The highest BCUT2D eigenvalue weighted by Crippen LogP contribution is 2.26. The number of carbonyl (C=O) groups excluding carboxylic acids is 1. The van der Waals surface area contributed by atoms with E-state index in [1.165, 1.54) is 0 Å². The molecule has 2 rings (SSSR count). The Hall–Kier alpha value is -1.89. The van der Waals surface area contributed by atoms with E-state index in [0.29, 0.717) is 0 Å². The van der Waals surface area contributed by atoms with Crippen LogP contribution in [0, 0.1) is 5.92 Å². The molecular formula is C11H14N4O2S. The Morgan fingerprint density at radius 2 is 2.28 bits per heavy atom. The minimum atomic E-state index is -0.374. The van der Waals surface area contributed by atoms with Crippen molar-refractivity contribution in [3.8, 4) is 0 Å². The number of carbonyl (C=O) groups is 1. The molecule has 0 aliphatic rings. The van der Waals surface area contributed by atoms with Crippen molar-refractivity contribution in [2.45, 2.75) is 19.9 Å². The molecule has 0 aromatic carbocycles. The highest BCUT2D eigenvalue weighted by Gasteiger charge is 2.23. The van der Waals surface area contributed by atoms with Crippen LogP contribution < -0.4 is 11.1 Å². The fourth-order valence-electron chi connectivity index (χ4n) is 1.60. The molecule has 2 aromatic rings. The zero-order valence-electron chi connectivity index (χ0n) is 10.1. The molecule has 2 aromatic heterocycles. The molecular weight excluding hydrogens is 252 g/mol. The van der Waals surface area contributed by atoms with E-state index in [9.17, 15) is 4.79 Å². The van der Waals surface area contributed by atoms with E-state index in [4.69, 9.17) is 5.73 Å². The summed E-state index contributed by atoms with van der Waals surface area (Å²) in [6, 6.07) is 3.86. The third kappa shape index (κ3) is 2.51. The molecule has 3 N–H and O–H groups in total. The van der Waals surface area contributed by atoms with Crippen molar-refractivity contribution in [3.63, 3.8) is 0 Å². The molecule has 1 amide bonds. The van der Waals surface area contributed by atoms with Crippen LogP contribution in [0.25, 0.3) is 0 Å². The summed E-state index contributed by atoms with van der Waals surface area (Å²) in [6.07, 6.45) is 0.